The lowest BCUT2D eigenvalue weighted by atomic mass is 10.0. The van der Waals surface area contributed by atoms with E-state index in [0.717, 1.165) is 11.3 Å². The van der Waals surface area contributed by atoms with E-state index in [9.17, 15) is 15.0 Å². The third-order valence-electron chi connectivity index (χ3n) is 5.02. The number of hydrogen-bond acceptors (Lipinski definition) is 8. The van der Waals surface area contributed by atoms with Crippen LogP contribution in [0, 0.1) is 19.8 Å². The molecule has 0 aliphatic heterocycles. The number of rotatable bonds is 10. The summed E-state index contributed by atoms with van der Waals surface area (Å²) in [7, 11) is 0. The molecule has 0 fully saturated rings. The van der Waals surface area contributed by atoms with Crippen molar-refractivity contribution in [2.24, 2.45) is 11.7 Å². The van der Waals surface area contributed by atoms with E-state index in [1.807, 2.05) is 6.07 Å². The molecule has 8 nitrogen and oxygen atoms in total. The van der Waals surface area contributed by atoms with Crippen LogP contribution < -0.4 is 10.5 Å². The Kier molecular flexibility index (Phi) is 8.12. The molecule has 3 aromatic rings. The molecule has 0 bridgehead atoms. The molecule has 1 unspecified atom stereocenters. The molecule has 33 heavy (non-hydrogen) atoms. The molecule has 0 spiro atoms. The Labute approximate surface area is 201 Å². The first-order valence-electron chi connectivity index (χ1n) is 10.6. The van der Waals surface area contributed by atoms with E-state index in [1.54, 1.807) is 24.3 Å². The van der Waals surface area contributed by atoms with Gasteiger partial charge in [-0.3, -0.25) is 4.79 Å². The van der Waals surface area contributed by atoms with Gasteiger partial charge in [0, 0.05) is 16.9 Å². The standard InChI is InChI=1S/C23H28ClN3O5S/c1-11(2)5-14-8-19(33-13(14)4)23-26-22(27-32-23)15-6-12(3)20(17(24)7-15)31-10-16(28)9-18(29)21(25)30/h6-8,11,16,18,28-29H,5,9-10H2,1-4H3,(H2,25,30)/t16-,18?/m0/s1. The summed E-state index contributed by atoms with van der Waals surface area (Å²) >= 11 is 8.04. The van der Waals surface area contributed by atoms with Crippen LogP contribution in [0.4, 0.5) is 0 Å². The van der Waals surface area contributed by atoms with Gasteiger partial charge in [-0.05, 0) is 55.5 Å². The number of aliphatic hydroxyl groups excluding tert-OH is 2. The maximum absolute atomic E-state index is 10.9. The predicted octanol–water partition coefficient (Wildman–Crippen LogP) is 3.91. The lowest BCUT2D eigenvalue weighted by Crippen LogP contribution is -2.33. The van der Waals surface area contributed by atoms with Gasteiger partial charge in [-0.2, -0.15) is 4.98 Å². The van der Waals surface area contributed by atoms with Crippen LogP contribution in [0.2, 0.25) is 5.02 Å². The average molecular weight is 494 g/mol. The van der Waals surface area contributed by atoms with Crippen LogP contribution in [0.15, 0.2) is 22.7 Å². The molecule has 178 valence electrons. The summed E-state index contributed by atoms with van der Waals surface area (Å²) in [6.45, 7) is 8.11. The van der Waals surface area contributed by atoms with Gasteiger partial charge in [0.05, 0.1) is 16.0 Å². The van der Waals surface area contributed by atoms with E-state index in [2.05, 4.69) is 37.0 Å². The van der Waals surface area contributed by atoms with Crippen molar-refractivity contribution in [1.82, 2.24) is 10.1 Å². The second-order valence-electron chi connectivity index (χ2n) is 8.44. The predicted molar refractivity (Wildman–Crippen MR) is 127 cm³/mol. The number of thiophene rings is 1. The molecule has 0 aliphatic carbocycles. The van der Waals surface area contributed by atoms with Crippen molar-refractivity contribution in [3.63, 3.8) is 0 Å². The lowest BCUT2D eigenvalue weighted by Gasteiger charge is -2.16. The molecule has 0 aliphatic rings. The van der Waals surface area contributed by atoms with E-state index in [1.165, 1.54) is 10.4 Å². The zero-order valence-electron chi connectivity index (χ0n) is 19.0. The quantitative estimate of drug-likeness (QED) is 0.390. The number of aliphatic hydroxyl groups is 2. The highest BCUT2D eigenvalue weighted by molar-refractivity contribution is 7.15. The van der Waals surface area contributed by atoms with Crippen molar-refractivity contribution in [1.29, 1.82) is 0 Å². The number of aromatic nitrogens is 2. The maximum Gasteiger partial charge on any atom is 0.268 e. The Balaban J connectivity index is 1.74. The summed E-state index contributed by atoms with van der Waals surface area (Å²) in [5.74, 6) is 0.899. The fraction of sp³-hybridized carbons (Fsp3) is 0.435. The van der Waals surface area contributed by atoms with Gasteiger partial charge in [0.2, 0.25) is 11.7 Å². The molecule has 0 saturated heterocycles. The van der Waals surface area contributed by atoms with Gasteiger partial charge in [0.15, 0.2) is 0 Å². The van der Waals surface area contributed by atoms with Crippen LogP contribution in [0.3, 0.4) is 0 Å². The third-order valence-corrected chi connectivity index (χ3v) is 6.38. The zero-order chi connectivity index (χ0) is 24.3. The fourth-order valence-corrected chi connectivity index (χ4v) is 4.67. The van der Waals surface area contributed by atoms with Crippen LogP contribution in [0.5, 0.6) is 5.75 Å². The van der Waals surface area contributed by atoms with Crippen LogP contribution in [-0.4, -0.2) is 45.1 Å². The van der Waals surface area contributed by atoms with E-state index >= 15 is 0 Å². The van der Waals surface area contributed by atoms with Gasteiger partial charge < -0.3 is 25.2 Å². The number of benzene rings is 1. The van der Waals surface area contributed by atoms with Crippen LogP contribution in [0.25, 0.3) is 22.2 Å². The number of primary amides is 1. The van der Waals surface area contributed by atoms with Gasteiger partial charge in [-0.1, -0.05) is 30.6 Å². The summed E-state index contributed by atoms with van der Waals surface area (Å²) < 4.78 is 11.1. The Morgan fingerprint density at radius 2 is 2.00 bits per heavy atom. The molecular formula is C23H28ClN3O5S. The first-order chi connectivity index (χ1) is 15.5. The number of nitrogens with two attached hydrogens (primary N) is 1. The molecule has 3 rings (SSSR count). The molecule has 2 aromatic heterocycles. The Bertz CT molecular complexity index is 1100. The molecule has 2 heterocycles. The van der Waals surface area contributed by atoms with E-state index in [0.29, 0.717) is 39.5 Å². The second-order valence-corrected chi connectivity index (χ2v) is 10.1. The highest BCUT2D eigenvalue weighted by Crippen LogP contribution is 2.36. The van der Waals surface area contributed by atoms with Gasteiger partial charge in [-0.25, -0.2) is 0 Å². The number of aryl methyl sites for hydroxylation is 2. The Hall–Kier alpha value is -2.46. The van der Waals surface area contributed by atoms with E-state index in [4.69, 9.17) is 26.6 Å². The van der Waals surface area contributed by atoms with E-state index < -0.39 is 18.1 Å². The van der Waals surface area contributed by atoms with Crippen LogP contribution in [-0.2, 0) is 11.2 Å². The molecule has 4 N–H and O–H groups in total. The second kappa shape index (κ2) is 10.6. The van der Waals surface area contributed by atoms with Gasteiger partial charge in [-0.15, -0.1) is 11.3 Å². The lowest BCUT2D eigenvalue weighted by molar-refractivity contribution is -0.127. The van der Waals surface area contributed by atoms with Crippen LogP contribution >= 0.6 is 22.9 Å². The number of nitrogens with zero attached hydrogens (tertiary/aromatic N) is 2. The van der Waals surface area contributed by atoms with E-state index in [-0.39, 0.29) is 13.0 Å². The number of halogens is 1. The maximum atomic E-state index is 10.9. The molecular weight excluding hydrogens is 466 g/mol. The molecule has 0 radical (unpaired) electrons. The molecule has 1 aromatic carbocycles. The molecule has 10 heteroatoms. The van der Waals surface area contributed by atoms with Gasteiger partial charge in [0.1, 0.15) is 18.5 Å². The normalized spacial score (nSPS) is 13.3. The first kappa shape index (κ1) is 25.2. The summed E-state index contributed by atoms with van der Waals surface area (Å²) in [5, 5.41) is 23.8. The smallest absolute Gasteiger partial charge is 0.268 e. The van der Waals surface area contributed by atoms with Crippen molar-refractivity contribution < 1.29 is 24.3 Å². The summed E-state index contributed by atoms with van der Waals surface area (Å²) in [6.07, 6.45) is -1.76. The van der Waals surface area contributed by atoms with Crippen LogP contribution in [0.1, 0.15) is 36.3 Å². The van der Waals surface area contributed by atoms with Crippen molar-refractivity contribution in [2.75, 3.05) is 6.61 Å². The minimum Gasteiger partial charge on any atom is -0.489 e. The van der Waals surface area contributed by atoms with Crippen molar-refractivity contribution in [3.8, 4) is 27.9 Å². The topological polar surface area (TPSA) is 132 Å². The number of hydrogen-bond donors (Lipinski definition) is 3. The largest absolute Gasteiger partial charge is 0.489 e. The summed E-state index contributed by atoms with van der Waals surface area (Å²) in [5.41, 5.74) is 7.66. The Morgan fingerprint density at radius 3 is 2.64 bits per heavy atom. The minimum atomic E-state index is -1.44. The monoisotopic (exact) mass is 493 g/mol. The van der Waals surface area contributed by atoms with Crippen molar-refractivity contribution in [2.45, 2.75) is 52.7 Å². The highest BCUT2D eigenvalue weighted by Gasteiger charge is 2.20. The number of carbonyl (C=O) groups is 1. The molecule has 1 amide bonds. The van der Waals surface area contributed by atoms with Crippen molar-refractivity contribution >= 4 is 28.8 Å². The third kappa shape index (κ3) is 6.32. The number of amides is 1. The van der Waals surface area contributed by atoms with Gasteiger partial charge in [0.25, 0.3) is 5.89 Å². The minimum absolute atomic E-state index is 0.160. The first-order valence-corrected chi connectivity index (χ1v) is 11.8. The summed E-state index contributed by atoms with van der Waals surface area (Å²) in [4.78, 5) is 17.6. The average Bonchev–Trinajstić information content (AvgIpc) is 3.34. The number of carbonyl (C=O) groups excluding carboxylic acids is 1. The number of ether oxygens (including phenoxy) is 1. The van der Waals surface area contributed by atoms with Crippen molar-refractivity contribution in [3.05, 3.63) is 39.2 Å². The zero-order valence-corrected chi connectivity index (χ0v) is 20.5. The van der Waals surface area contributed by atoms with Gasteiger partial charge >= 0.3 is 0 Å². The summed E-state index contributed by atoms with van der Waals surface area (Å²) in [6, 6.07) is 5.57. The molecule has 2 atom stereocenters. The molecule has 0 saturated carbocycles. The Morgan fingerprint density at radius 1 is 1.27 bits per heavy atom. The fourth-order valence-electron chi connectivity index (χ4n) is 3.37. The SMILES string of the molecule is Cc1cc(-c2noc(-c3cc(CC(C)C)c(C)s3)n2)cc(Cl)c1OC[C@@H](O)CC(O)C(N)=O. The highest BCUT2D eigenvalue weighted by atomic mass is 35.5.